The first-order valence-electron chi connectivity index (χ1n) is 8.02. The van der Waals surface area contributed by atoms with Crippen LogP contribution < -0.4 is 14.8 Å². The lowest BCUT2D eigenvalue weighted by Gasteiger charge is -2.28. The van der Waals surface area contributed by atoms with Gasteiger partial charge in [0.15, 0.2) is 11.5 Å². The lowest BCUT2D eigenvalue weighted by molar-refractivity contribution is -0.130. The molecule has 1 aliphatic rings. The third-order valence-electron chi connectivity index (χ3n) is 4.08. The van der Waals surface area contributed by atoms with E-state index < -0.39 is 6.10 Å². The Morgan fingerprint density at radius 1 is 1.12 bits per heavy atom. The van der Waals surface area contributed by atoms with Crippen molar-refractivity contribution >= 4 is 5.91 Å². The quantitative estimate of drug-likeness (QED) is 0.915. The molecule has 3 rings (SSSR count). The van der Waals surface area contributed by atoms with Gasteiger partial charge in [0.1, 0.15) is 6.61 Å². The topological polar surface area (TPSA) is 50.8 Å². The van der Waals surface area contributed by atoms with Crippen molar-refractivity contribution in [2.75, 3.05) is 27.2 Å². The minimum absolute atomic E-state index is 0.104. The Bertz CT molecular complexity index is 688. The molecule has 5 heteroatoms. The molecular formula is C19H22N2O3. The second-order valence-electron chi connectivity index (χ2n) is 6.00. The van der Waals surface area contributed by atoms with Gasteiger partial charge in [-0.15, -0.1) is 0 Å². The highest BCUT2D eigenvalue weighted by Gasteiger charge is 2.27. The number of hydrogen-bond donors (Lipinski definition) is 1. The van der Waals surface area contributed by atoms with Gasteiger partial charge in [-0.2, -0.15) is 0 Å². The fraction of sp³-hybridized carbons (Fsp3) is 0.316. The van der Waals surface area contributed by atoms with Crippen molar-refractivity contribution in [3.05, 3.63) is 60.2 Å². The highest BCUT2D eigenvalue weighted by Crippen LogP contribution is 2.30. The molecule has 0 aromatic heterocycles. The molecule has 5 nitrogen and oxygen atoms in total. The minimum atomic E-state index is -0.626. The number of nitrogens with one attached hydrogen (secondary N) is 1. The van der Waals surface area contributed by atoms with Gasteiger partial charge in [0.05, 0.1) is 6.04 Å². The van der Waals surface area contributed by atoms with Crippen LogP contribution in [0.1, 0.15) is 11.6 Å². The van der Waals surface area contributed by atoms with E-state index in [0.717, 1.165) is 5.56 Å². The summed E-state index contributed by atoms with van der Waals surface area (Å²) in [5.41, 5.74) is 1.16. The summed E-state index contributed by atoms with van der Waals surface area (Å²) < 4.78 is 11.3. The van der Waals surface area contributed by atoms with Gasteiger partial charge in [-0.25, -0.2) is 0 Å². The molecule has 1 heterocycles. The molecule has 1 aliphatic heterocycles. The molecule has 0 saturated heterocycles. The molecule has 0 aliphatic carbocycles. The van der Waals surface area contributed by atoms with E-state index in [4.69, 9.17) is 9.47 Å². The van der Waals surface area contributed by atoms with Crippen LogP contribution in [-0.2, 0) is 4.79 Å². The Hall–Kier alpha value is -2.53. The van der Waals surface area contributed by atoms with E-state index in [9.17, 15) is 4.79 Å². The van der Waals surface area contributed by atoms with Gasteiger partial charge >= 0.3 is 0 Å². The fourth-order valence-corrected chi connectivity index (χ4v) is 2.73. The summed E-state index contributed by atoms with van der Waals surface area (Å²) in [5.74, 6) is 1.13. The third-order valence-corrected chi connectivity index (χ3v) is 4.08. The Balaban J connectivity index is 1.61. The molecule has 0 radical (unpaired) electrons. The van der Waals surface area contributed by atoms with Gasteiger partial charge in [-0.3, -0.25) is 4.79 Å². The van der Waals surface area contributed by atoms with Crippen LogP contribution >= 0.6 is 0 Å². The highest BCUT2D eigenvalue weighted by atomic mass is 16.6. The van der Waals surface area contributed by atoms with Crippen LogP contribution in [0.5, 0.6) is 11.5 Å². The number of rotatable bonds is 5. The van der Waals surface area contributed by atoms with E-state index in [1.54, 1.807) is 6.07 Å². The Morgan fingerprint density at radius 3 is 2.50 bits per heavy atom. The number of fused-ring (bicyclic) bond motifs is 1. The minimum Gasteiger partial charge on any atom is -0.485 e. The van der Waals surface area contributed by atoms with Crippen LogP contribution in [0.15, 0.2) is 54.6 Å². The first kappa shape index (κ1) is 16.3. The smallest absolute Gasteiger partial charge is 0.264 e. The standard InChI is InChI=1S/C19H22N2O3/c1-21(2)15(14-8-4-3-5-9-14)12-20-19(22)18-13-23-16-10-6-7-11-17(16)24-18/h3-11,15,18H,12-13H2,1-2H3,(H,20,22). The van der Waals surface area contributed by atoms with E-state index in [1.807, 2.05) is 50.5 Å². The first-order chi connectivity index (χ1) is 11.6. The average Bonchev–Trinajstić information content (AvgIpc) is 2.62. The second kappa shape index (κ2) is 7.36. The van der Waals surface area contributed by atoms with E-state index in [2.05, 4.69) is 22.3 Å². The summed E-state index contributed by atoms with van der Waals surface area (Å²) >= 11 is 0. The molecule has 1 amide bonds. The van der Waals surface area contributed by atoms with Crippen LogP contribution in [0.3, 0.4) is 0 Å². The zero-order valence-corrected chi connectivity index (χ0v) is 13.9. The fourth-order valence-electron chi connectivity index (χ4n) is 2.73. The molecule has 0 saturated carbocycles. The van der Waals surface area contributed by atoms with Crippen molar-refractivity contribution in [1.29, 1.82) is 0 Å². The SMILES string of the molecule is CN(C)C(CNC(=O)C1COc2ccccc2O1)c1ccccc1. The van der Waals surface area contributed by atoms with Crippen LogP contribution in [0, 0.1) is 0 Å². The number of nitrogens with zero attached hydrogens (tertiary/aromatic N) is 1. The van der Waals surface area contributed by atoms with Crippen molar-refractivity contribution in [3.63, 3.8) is 0 Å². The van der Waals surface area contributed by atoms with E-state index >= 15 is 0 Å². The molecule has 0 bridgehead atoms. The molecule has 24 heavy (non-hydrogen) atoms. The molecule has 0 spiro atoms. The molecular weight excluding hydrogens is 304 g/mol. The molecule has 0 fully saturated rings. The van der Waals surface area contributed by atoms with E-state index in [1.165, 1.54) is 0 Å². The maximum atomic E-state index is 12.4. The second-order valence-corrected chi connectivity index (χ2v) is 6.00. The third kappa shape index (κ3) is 3.68. The summed E-state index contributed by atoms with van der Waals surface area (Å²) in [4.78, 5) is 14.5. The summed E-state index contributed by atoms with van der Waals surface area (Å²) in [6, 6.07) is 17.6. The number of hydrogen-bond acceptors (Lipinski definition) is 4. The van der Waals surface area contributed by atoms with Crippen molar-refractivity contribution in [3.8, 4) is 11.5 Å². The van der Waals surface area contributed by atoms with Crippen LogP contribution in [0.4, 0.5) is 0 Å². The number of para-hydroxylation sites is 2. The van der Waals surface area contributed by atoms with Gasteiger partial charge in [-0.1, -0.05) is 42.5 Å². The molecule has 1 N–H and O–H groups in total. The summed E-state index contributed by atoms with van der Waals surface area (Å²) in [6.07, 6.45) is -0.626. The Morgan fingerprint density at radius 2 is 1.79 bits per heavy atom. The van der Waals surface area contributed by atoms with Crippen molar-refractivity contribution in [2.45, 2.75) is 12.1 Å². The molecule has 126 valence electrons. The van der Waals surface area contributed by atoms with E-state index in [0.29, 0.717) is 18.0 Å². The van der Waals surface area contributed by atoms with Crippen LogP contribution in [0.2, 0.25) is 0 Å². The zero-order chi connectivity index (χ0) is 16.9. The monoisotopic (exact) mass is 326 g/mol. The Kier molecular flexibility index (Phi) is 5.01. The molecule has 2 atom stereocenters. The number of carbonyl (C=O) groups is 1. The Labute approximate surface area is 142 Å². The summed E-state index contributed by atoms with van der Waals surface area (Å²) in [5, 5.41) is 2.98. The number of ether oxygens (including phenoxy) is 2. The molecule has 2 aromatic carbocycles. The lowest BCUT2D eigenvalue weighted by atomic mass is 10.1. The largest absolute Gasteiger partial charge is 0.485 e. The van der Waals surface area contributed by atoms with Crippen LogP contribution in [-0.4, -0.2) is 44.2 Å². The van der Waals surface area contributed by atoms with Crippen molar-refractivity contribution in [2.24, 2.45) is 0 Å². The van der Waals surface area contributed by atoms with Gasteiger partial charge in [0.25, 0.3) is 5.91 Å². The highest BCUT2D eigenvalue weighted by molar-refractivity contribution is 5.81. The zero-order valence-electron chi connectivity index (χ0n) is 13.9. The number of benzene rings is 2. The van der Waals surface area contributed by atoms with E-state index in [-0.39, 0.29) is 18.6 Å². The lowest BCUT2D eigenvalue weighted by Crippen LogP contribution is -2.46. The number of carbonyl (C=O) groups excluding carboxylic acids is 1. The first-order valence-corrected chi connectivity index (χ1v) is 8.02. The molecule has 2 aromatic rings. The van der Waals surface area contributed by atoms with Gasteiger partial charge < -0.3 is 19.7 Å². The maximum Gasteiger partial charge on any atom is 0.264 e. The van der Waals surface area contributed by atoms with Gasteiger partial charge in [-0.05, 0) is 31.8 Å². The van der Waals surface area contributed by atoms with Crippen molar-refractivity contribution in [1.82, 2.24) is 10.2 Å². The summed E-state index contributed by atoms with van der Waals surface area (Å²) in [7, 11) is 4.00. The van der Waals surface area contributed by atoms with Gasteiger partial charge in [0, 0.05) is 6.54 Å². The van der Waals surface area contributed by atoms with Crippen LogP contribution in [0.25, 0.3) is 0 Å². The van der Waals surface area contributed by atoms with Gasteiger partial charge in [0.2, 0.25) is 6.10 Å². The summed E-state index contributed by atoms with van der Waals surface area (Å²) in [6.45, 7) is 0.734. The normalized spacial score (nSPS) is 17.4. The average molecular weight is 326 g/mol. The number of amides is 1. The predicted octanol–water partition coefficient (Wildman–Crippen LogP) is 2.25. The van der Waals surface area contributed by atoms with Crippen molar-refractivity contribution < 1.29 is 14.3 Å². The predicted molar refractivity (Wildman–Crippen MR) is 92.2 cm³/mol. The number of likely N-dealkylation sites (N-methyl/N-ethyl adjacent to an activating group) is 1. The maximum absolute atomic E-state index is 12.4. The molecule has 2 unspecified atom stereocenters.